The number of ether oxygens (including phenoxy) is 1. The van der Waals surface area contributed by atoms with Gasteiger partial charge < -0.3 is 4.74 Å². The lowest BCUT2D eigenvalue weighted by atomic mass is 10.1. The molecule has 0 spiro atoms. The Balaban J connectivity index is 1.74. The predicted molar refractivity (Wildman–Crippen MR) is 87.0 cm³/mol. The number of allylic oxidation sites excluding steroid dienone is 2. The van der Waals surface area contributed by atoms with Gasteiger partial charge in [0.15, 0.2) is 6.10 Å². The highest BCUT2D eigenvalue weighted by atomic mass is 79.9. The fourth-order valence-corrected chi connectivity index (χ4v) is 2.56. The Labute approximate surface area is 138 Å². The van der Waals surface area contributed by atoms with E-state index in [9.17, 15) is 9.59 Å². The van der Waals surface area contributed by atoms with Crippen LogP contribution in [0.25, 0.3) is 0 Å². The van der Waals surface area contributed by atoms with Gasteiger partial charge in [-0.25, -0.2) is 0 Å². The van der Waals surface area contributed by atoms with Crippen LogP contribution in [0, 0.1) is 5.92 Å². The smallest absolute Gasteiger partial charge is 0.279 e. The molecule has 0 unspecified atom stereocenters. The van der Waals surface area contributed by atoms with Crippen molar-refractivity contribution in [3.05, 3.63) is 40.9 Å². The van der Waals surface area contributed by atoms with Gasteiger partial charge >= 0.3 is 0 Å². The highest BCUT2D eigenvalue weighted by Crippen LogP contribution is 2.20. The van der Waals surface area contributed by atoms with E-state index in [0.717, 1.165) is 17.3 Å². The Bertz CT molecular complexity index is 574. The van der Waals surface area contributed by atoms with Crippen LogP contribution in [0.15, 0.2) is 40.9 Å². The van der Waals surface area contributed by atoms with Crippen molar-refractivity contribution in [2.24, 2.45) is 5.92 Å². The van der Waals surface area contributed by atoms with Gasteiger partial charge in [-0.1, -0.05) is 34.1 Å². The molecule has 1 aromatic carbocycles. The molecule has 0 saturated heterocycles. The van der Waals surface area contributed by atoms with Gasteiger partial charge in [-0.3, -0.25) is 20.4 Å². The molecule has 2 rings (SSSR count). The minimum atomic E-state index is -0.707. The molecule has 0 bridgehead atoms. The number of amides is 2. The van der Waals surface area contributed by atoms with Gasteiger partial charge in [0.2, 0.25) is 5.91 Å². The third kappa shape index (κ3) is 5.18. The Kier molecular flexibility index (Phi) is 6.00. The first kappa shape index (κ1) is 16.5. The summed E-state index contributed by atoms with van der Waals surface area (Å²) in [6.07, 6.45) is 5.80. The predicted octanol–water partition coefficient (Wildman–Crippen LogP) is 2.72. The molecule has 2 N–H and O–H groups in total. The number of hydrogen-bond acceptors (Lipinski definition) is 3. The van der Waals surface area contributed by atoms with E-state index < -0.39 is 12.0 Å². The van der Waals surface area contributed by atoms with Crippen molar-refractivity contribution in [3.8, 4) is 5.75 Å². The lowest BCUT2D eigenvalue weighted by molar-refractivity contribution is -0.133. The largest absolute Gasteiger partial charge is 0.481 e. The molecule has 0 saturated carbocycles. The Morgan fingerprint density at radius 1 is 1.41 bits per heavy atom. The molecule has 2 amide bonds. The molecular weight excluding hydrogens is 348 g/mol. The first-order valence-electron chi connectivity index (χ1n) is 7.22. The second-order valence-electron chi connectivity index (χ2n) is 5.22. The van der Waals surface area contributed by atoms with Crippen molar-refractivity contribution in [1.29, 1.82) is 0 Å². The second-order valence-corrected chi connectivity index (χ2v) is 6.14. The average Bonchev–Trinajstić information content (AvgIpc) is 2.97. The van der Waals surface area contributed by atoms with Gasteiger partial charge in [0.1, 0.15) is 5.75 Å². The van der Waals surface area contributed by atoms with Gasteiger partial charge in [-0.05, 0) is 43.9 Å². The van der Waals surface area contributed by atoms with Crippen LogP contribution in [0.4, 0.5) is 0 Å². The monoisotopic (exact) mass is 366 g/mol. The Hall–Kier alpha value is -1.82. The normalized spacial score (nSPS) is 17.8. The fraction of sp³-hybridized carbons (Fsp3) is 0.375. The van der Waals surface area contributed by atoms with Gasteiger partial charge in [-0.2, -0.15) is 0 Å². The number of hydrogen-bond donors (Lipinski definition) is 2. The van der Waals surface area contributed by atoms with Crippen molar-refractivity contribution in [1.82, 2.24) is 10.9 Å². The molecule has 6 heteroatoms. The highest BCUT2D eigenvalue weighted by Gasteiger charge is 2.17. The van der Waals surface area contributed by atoms with Crippen LogP contribution >= 0.6 is 15.9 Å². The average molecular weight is 367 g/mol. The topological polar surface area (TPSA) is 67.4 Å². The van der Waals surface area contributed by atoms with E-state index in [4.69, 9.17) is 4.74 Å². The molecule has 0 heterocycles. The molecule has 0 fully saturated rings. The van der Waals surface area contributed by atoms with Crippen LogP contribution in [0.3, 0.4) is 0 Å². The summed E-state index contributed by atoms with van der Waals surface area (Å²) in [6.45, 7) is 1.63. The van der Waals surface area contributed by atoms with Gasteiger partial charge in [0, 0.05) is 10.9 Å². The van der Waals surface area contributed by atoms with Crippen molar-refractivity contribution in [2.75, 3.05) is 0 Å². The molecule has 22 heavy (non-hydrogen) atoms. The summed E-state index contributed by atoms with van der Waals surface area (Å²) in [6, 6.07) is 7.23. The van der Waals surface area contributed by atoms with E-state index in [2.05, 4.69) is 32.9 Å². The van der Waals surface area contributed by atoms with Gasteiger partial charge in [-0.15, -0.1) is 0 Å². The van der Waals surface area contributed by atoms with E-state index in [0.29, 0.717) is 12.2 Å². The van der Waals surface area contributed by atoms with Crippen LogP contribution in [0.1, 0.15) is 26.2 Å². The van der Waals surface area contributed by atoms with E-state index in [1.54, 1.807) is 19.1 Å². The molecular formula is C16H19BrN2O3. The molecule has 118 valence electrons. The first-order valence-corrected chi connectivity index (χ1v) is 8.01. The maximum Gasteiger partial charge on any atom is 0.279 e. The number of halogens is 1. The minimum Gasteiger partial charge on any atom is -0.481 e. The minimum absolute atomic E-state index is 0.195. The SMILES string of the molecule is C[C@@H](Oc1cccc(Br)c1)C(=O)NNC(=O)C[C@H]1C=CCC1. The number of nitrogens with one attached hydrogen (secondary N) is 2. The van der Waals surface area contributed by atoms with Crippen molar-refractivity contribution >= 4 is 27.7 Å². The van der Waals surface area contributed by atoms with Crippen LogP contribution in [-0.2, 0) is 9.59 Å². The number of hydrazine groups is 1. The van der Waals surface area contributed by atoms with Crippen molar-refractivity contribution in [3.63, 3.8) is 0 Å². The lowest BCUT2D eigenvalue weighted by Gasteiger charge is -2.16. The first-order chi connectivity index (χ1) is 10.5. The Morgan fingerprint density at radius 2 is 2.23 bits per heavy atom. The standard InChI is InChI=1S/C16H19BrN2O3/c1-11(22-14-8-4-7-13(17)10-14)16(21)19-18-15(20)9-12-5-2-3-6-12/h2,4-5,7-8,10-12H,3,6,9H2,1H3,(H,18,20)(H,19,21)/t11-,12+/m1/s1. The summed E-state index contributed by atoms with van der Waals surface area (Å²) < 4.78 is 6.39. The maximum atomic E-state index is 11.9. The molecule has 5 nitrogen and oxygen atoms in total. The lowest BCUT2D eigenvalue weighted by Crippen LogP contribution is -2.47. The zero-order valence-electron chi connectivity index (χ0n) is 12.3. The summed E-state index contributed by atoms with van der Waals surface area (Å²) >= 11 is 3.34. The molecule has 0 aliphatic heterocycles. The highest BCUT2D eigenvalue weighted by molar-refractivity contribution is 9.10. The Morgan fingerprint density at radius 3 is 2.91 bits per heavy atom. The van der Waals surface area contributed by atoms with Crippen LogP contribution < -0.4 is 15.6 Å². The van der Waals surface area contributed by atoms with E-state index >= 15 is 0 Å². The van der Waals surface area contributed by atoms with Crippen LogP contribution in [0.5, 0.6) is 5.75 Å². The van der Waals surface area contributed by atoms with E-state index in [-0.39, 0.29) is 11.8 Å². The third-order valence-electron chi connectivity index (χ3n) is 3.36. The van der Waals surface area contributed by atoms with Gasteiger partial charge in [0.05, 0.1) is 0 Å². The fourth-order valence-electron chi connectivity index (χ4n) is 2.19. The van der Waals surface area contributed by atoms with E-state index in [1.165, 1.54) is 0 Å². The second kappa shape index (κ2) is 7.98. The van der Waals surface area contributed by atoms with E-state index in [1.807, 2.05) is 18.2 Å². The van der Waals surface area contributed by atoms with Crippen molar-refractivity contribution in [2.45, 2.75) is 32.3 Å². The van der Waals surface area contributed by atoms with Crippen LogP contribution in [-0.4, -0.2) is 17.9 Å². The molecule has 1 aliphatic rings. The van der Waals surface area contributed by atoms with Gasteiger partial charge in [0.25, 0.3) is 5.91 Å². The maximum absolute atomic E-state index is 11.9. The number of rotatable bonds is 5. The van der Waals surface area contributed by atoms with Crippen LogP contribution in [0.2, 0.25) is 0 Å². The molecule has 0 aromatic heterocycles. The summed E-state index contributed by atoms with van der Waals surface area (Å²) in [5.41, 5.74) is 4.82. The number of carbonyl (C=O) groups is 2. The molecule has 1 aliphatic carbocycles. The summed E-state index contributed by atoms with van der Waals surface area (Å²) in [7, 11) is 0. The number of benzene rings is 1. The number of carbonyl (C=O) groups excluding carboxylic acids is 2. The zero-order chi connectivity index (χ0) is 15.9. The zero-order valence-corrected chi connectivity index (χ0v) is 13.9. The summed E-state index contributed by atoms with van der Waals surface area (Å²) in [5, 5.41) is 0. The molecule has 0 radical (unpaired) electrons. The molecule has 2 atom stereocenters. The quantitative estimate of drug-likeness (QED) is 0.621. The van der Waals surface area contributed by atoms with Crippen molar-refractivity contribution < 1.29 is 14.3 Å². The summed E-state index contributed by atoms with van der Waals surface area (Å²) in [5.74, 6) is 0.265. The summed E-state index contributed by atoms with van der Waals surface area (Å²) in [4.78, 5) is 23.6. The third-order valence-corrected chi connectivity index (χ3v) is 3.86. The molecule has 1 aromatic rings.